The molecule has 1 heterocycles. The molecule has 0 saturated carbocycles. The normalized spacial score (nSPS) is 10.0. The first-order valence-electron chi connectivity index (χ1n) is 5.25. The first-order valence-corrected chi connectivity index (χ1v) is 6.33. The molecule has 1 aromatic heterocycles. The van der Waals surface area contributed by atoms with E-state index in [9.17, 15) is 0 Å². The molecule has 1 N–H and O–H groups in total. The molecule has 0 aliphatic rings. The summed E-state index contributed by atoms with van der Waals surface area (Å²) in [7, 11) is 0. The fraction of sp³-hybridized carbons (Fsp3) is 0.167. The minimum absolute atomic E-state index is 0.661. The van der Waals surface area contributed by atoms with E-state index in [1.54, 1.807) is 6.20 Å². The van der Waals surface area contributed by atoms with Crippen molar-refractivity contribution >= 4 is 34.1 Å². The van der Waals surface area contributed by atoms with Gasteiger partial charge in [-0.1, -0.05) is 6.07 Å². The molecule has 1 aromatic carbocycles. The van der Waals surface area contributed by atoms with Crippen LogP contribution in [-0.2, 0) is 0 Å². The van der Waals surface area contributed by atoms with Gasteiger partial charge in [0, 0.05) is 18.0 Å². The number of ether oxygens (including phenoxy) is 1. The Morgan fingerprint density at radius 2 is 2.29 bits per heavy atom. The van der Waals surface area contributed by atoms with E-state index in [1.165, 1.54) is 6.33 Å². The maximum absolute atomic E-state index is 5.44. The van der Waals surface area contributed by atoms with Gasteiger partial charge in [-0.3, -0.25) is 0 Å². The summed E-state index contributed by atoms with van der Waals surface area (Å²) in [6.07, 6.45) is 3.29. The van der Waals surface area contributed by atoms with Crippen LogP contribution in [0.3, 0.4) is 0 Å². The molecular weight excluding hydrogens is 329 g/mol. The first kappa shape index (κ1) is 12.1. The van der Waals surface area contributed by atoms with E-state index in [4.69, 9.17) is 4.74 Å². The van der Waals surface area contributed by atoms with Gasteiger partial charge in [-0.15, -0.1) is 0 Å². The lowest BCUT2D eigenvalue weighted by atomic mass is 10.3. The van der Waals surface area contributed by atoms with Gasteiger partial charge in [-0.05, 0) is 41.6 Å². The molecule has 0 amide bonds. The molecule has 0 unspecified atom stereocenters. The van der Waals surface area contributed by atoms with Crippen LogP contribution in [-0.4, -0.2) is 16.6 Å². The fourth-order valence-corrected chi connectivity index (χ4v) is 1.81. The van der Waals surface area contributed by atoms with Gasteiger partial charge in [0.25, 0.3) is 0 Å². The van der Waals surface area contributed by atoms with Crippen molar-refractivity contribution in [1.82, 2.24) is 9.97 Å². The van der Waals surface area contributed by atoms with E-state index in [2.05, 4.69) is 37.9 Å². The topological polar surface area (TPSA) is 47.0 Å². The van der Waals surface area contributed by atoms with Crippen molar-refractivity contribution in [2.45, 2.75) is 6.92 Å². The summed E-state index contributed by atoms with van der Waals surface area (Å²) in [5, 5.41) is 3.23. The third kappa shape index (κ3) is 3.29. The number of nitrogens with one attached hydrogen (secondary N) is 1. The molecule has 17 heavy (non-hydrogen) atoms. The molecule has 0 aliphatic carbocycles. The molecule has 0 spiro atoms. The lowest BCUT2D eigenvalue weighted by molar-refractivity contribution is 0.340. The third-order valence-corrected chi connectivity index (χ3v) is 2.86. The molecule has 0 fully saturated rings. The van der Waals surface area contributed by atoms with Crippen molar-refractivity contribution < 1.29 is 4.74 Å². The first-order chi connectivity index (χ1) is 8.29. The Kier molecular flexibility index (Phi) is 4.13. The Hall–Kier alpha value is -1.37. The summed E-state index contributed by atoms with van der Waals surface area (Å²) in [5.74, 6) is 1.65. The quantitative estimate of drug-likeness (QED) is 0.868. The Bertz CT molecular complexity index is 505. The van der Waals surface area contributed by atoms with Gasteiger partial charge in [0.2, 0.25) is 0 Å². The van der Waals surface area contributed by atoms with Crippen LogP contribution in [0.15, 0.2) is 36.8 Å². The molecule has 2 aromatic rings. The van der Waals surface area contributed by atoms with E-state index in [0.29, 0.717) is 6.61 Å². The average molecular weight is 341 g/mol. The van der Waals surface area contributed by atoms with E-state index in [1.807, 2.05) is 31.2 Å². The van der Waals surface area contributed by atoms with Crippen molar-refractivity contribution in [3.05, 3.63) is 40.4 Å². The molecule has 0 aliphatic heterocycles. The van der Waals surface area contributed by atoms with Crippen LogP contribution in [0.1, 0.15) is 6.92 Å². The monoisotopic (exact) mass is 341 g/mol. The molecule has 0 bridgehead atoms. The van der Waals surface area contributed by atoms with Gasteiger partial charge in [-0.25, -0.2) is 9.97 Å². The van der Waals surface area contributed by atoms with E-state index in [0.717, 1.165) is 20.8 Å². The van der Waals surface area contributed by atoms with Crippen LogP contribution in [0, 0.1) is 3.57 Å². The molecular formula is C12H12IN3O. The SMILES string of the molecule is CCOc1cccc(Nc2ncncc2I)c1. The Morgan fingerprint density at radius 3 is 3.06 bits per heavy atom. The van der Waals surface area contributed by atoms with E-state index >= 15 is 0 Å². The zero-order chi connectivity index (χ0) is 12.1. The second-order valence-electron chi connectivity index (χ2n) is 3.31. The smallest absolute Gasteiger partial charge is 0.147 e. The summed E-state index contributed by atoms with van der Waals surface area (Å²) >= 11 is 2.19. The van der Waals surface area contributed by atoms with Gasteiger partial charge in [-0.2, -0.15) is 0 Å². The van der Waals surface area contributed by atoms with Crippen LogP contribution in [0.4, 0.5) is 11.5 Å². The number of benzene rings is 1. The Balaban J connectivity index is 2.18. The van der Waals surface area contributed by atoms with Crippen LogP contribution in [0.5, 0.6) is 5.75 Å². The Morgan fingerprint density at radius 1 is 1.41 bits per heavy atom. The maximum atomic E-state index is 5.44. The number of anilines is 2. The van der Waals surface area contributed by atoms with Gasteiger partial charge < -0.3 is 10.1 Å². The van der Waals surface area contributed by atoms with Crippen molar-refractivity contribution in [1.29, 1.82) is 0 Å². The standard InChI is InChI=1S/C12H12IN3O/c1-2-17-10-5-3-4-9(6-10)16-12-11(13)7-14-8-15-12/h3-8H,2H2,1H3,(H,14,15,16). The number of hydrogen-bond acceptors (Lipinski definition) is 4. The molecule has 88 valence electrons. The number of nitrogens with zero attached hydrogens (tertiary/aromatic N) is 2. The highest BCUT2D eigenvalue weighted by atomic mass is 127. The lowest BCUT2D eigenvalue weighted by Gasteiger charge is -2.08. The second kappa shape index (κ2) is 5.81. The molecule has 0 radical (unpaired) electrons. The summed E-state index contributed by atoms with van der Waals surface area (Å²) in [5.41, 5.74) is 0.951. The third-order valence-electron chi connectivity index (χ3n) is 2.08. The summed E-state index contributed by atoms with van der Waals surface area (Å²) in [6, 6.07) is 7.80. The number of rotatable bonds is 4. The zero-order valence-electron chi connectivity index (χ0n) is 9.35. The highest BCUT2D eigenvalue weighted by molar-refractivity contribution is 14.1. The number of hydrogen-bond donors (Lipinski definition) is 1. The maximum Gasteiger partial charge on any atom is 0.147 e. The molecule has 0 atom stereocenters. The predicted octanol–water partition coefficient (Wildman–Crippen LogP) is 3.22. The van der Waals surface area contributed by atoms with Crippen LogP contribution >= 0.6 is 22.6 Å². The minimum atomic E-state index is 0.661. The van der Waals surface area contributed by atoms with Gasteiger partial charge in [0.05, 0.1) is 10.2 Å². The van der Waals surface area contributed by atoms with Crippen LogP contribution in [0.2, 0.25) is 0 Å². The van der Waals surface area contributed by atoms with Gasteiger partial charge >= 0.3 is 0 Å². The fourth-order valence-electron chi connectivity index (χ4n) is 1.37. The van der Waals surface area contributed by atoms with Crippen molar-refractivity contribution in [2.24, 2.45) is 0 Å². The second-order valence-corrected chi connectivity index (χ2v) is 4.47. The highest BCUT2D eigenvalue weighted by Gasteiger charge is 2.02. The number of halogens is 1. The molecule has 4 nitrogen and oxygen atoms in total. The average Bonchev–Trinajstić information content (AvgIpc) is 2.33. The largest absolute Gasteiger partial charge is 0.494 e. The number of aromatic nitrogens is 2. The zero-order valence-corrected chi connectivity index (χ0v) is 11.5. The highest BCUT2D eigenvalue weighted by Crippen LogP contribution is 2.22. The van der Waals surface area contributed by atoms with E-state index in [-0.39, 0.29) is 0 Å². The van der Waals surface area contributed by atoms with Crippen molar-refractivity contribution in [3.8, 4) is 5.75 Å². The predicted molar refractivity (Wildman–Crippen MR) is 75.6 cm³/mol. The van der Waals surface area contributed by atoms with Crippen molar-refractivity contribution in [2.75, 3.05) is 11.9 Å². The Labute approximate surface area is 114 Å². The van der Waals surface area contributed by atoms with Crippen molar-refractivity contribution in [3.63, 3.8) is 0 Å². The molecule has 2 rings (SSSR count). The minimum Gasteiger partial charge on any atom is -0.494 e. The van der Waals surface area contributed by atoms with Crippen LogP contribution in [0.25, 0.3) is 0 Å². The summed E-state index contributed by atoms with van der Waals surface area (Å²) < 4.78 is 6.42. The molecule has 0 saturated heterocycles. The molecule has 5 heteroatoms. The van der Waals surface area contributed by atoms with Crippen LogP contribution < -0.4 is 10.1 Å². The lowest BCUT2D eigenvalue weighted by Crippen LogP contribution is -1.98. The van der Waals surface area contributed by atoms with Gasteiger partial charge in [0.1, 0.15) is 17.9 Å². The van der Waals surface area contributed by atoms with E-state index < -0.39 is 0 Å². The summed E-state index contributed by atoms with van der Waals surface area (Å²) in [6.45, 7) is 2.63. The summed E-state index contributed by atoms with van der Waals surface area (Å²) in [4.78, 5) is 8.13. The van der Waals surface area contributed by atoms with Gasteiger partial charge in [0.15, 0.2) is 0 Å².